The van der Waals surface area contributed by atoms with Crippen molar-refractivity contribution in [3.63, 3.8) is 0 Å². The molecule has 1 aliphatic heterocycles. The number of nitrogens with zero attached hydrogens (tertiary/aromatic N) is 1. The Morgan fingerprint density at radius 3 is 2.18 bits per heavy atom. The smallest absolute Gasteiger partial charge is 0.235 e. The van der Waals surface area contributed by atoms with Crippen LogP contribution < -0.4 is 10.1 Å². The van der Waals surface area contributed by atoms with Gasteiger partial charge in [-0.05, 0) is 87.2 Å². The fraction of sp³-hybridized carbons (Fsp3) is 0.536. The zero-order valence-electron chi connectivity index (χ0n) is 19.7. The van der Waals surface area contributed by atoms with Crippen LogP contribution in [0, 0.1) is 0 Å². The highest BCUT2D eigenvalue weighted by atomic mass is 35.5. The van der Waals surface area contributed by atoms with Gasteiger partial charge < -0.3 is 15.0 Å². The van der Waals surface area contributed by atoms with Crippen LogP contribution in [0.15, 0.2) is 48.5 Å². The number of carbonyl (C=O) groups excluding carboxylic acids is 1. The average molecular weight is 469 g/mol. The van der Waals surface area contributed by atoms with Gasteiger partial charge >= 0.3 is 0 Å². The number of anilines is 1. The molecule has 1 saturated carbocycles. The first-order chi connectivity index (χ1) is 16.2. The third kappa shape index (κ3) is 6.51. The molecule has 33 heavy (non-hydrogen) atoms. The zero-order chi connectivity index (χ0) is 22.9. The number of rotatable bonds is 8. The molecule has 0 unspecified atom stereocenters. The minimum atomic E-state index is -0.481. The second-order valence-electron chi connectivity index (χ2n) is 9.59. The molecule has 4 nitrogen and oxygen atoms in total. The molecule has 0 radical (unpaired) electrons. The predicted octanol–water partition coefficient (Wildman–Crippen LogP) is 6.83. The van der Waals surface area contributed by atoms with Gasteiger partial charge in [0, 0.05) is 17.3 Å². The predicted molar refractivity (Wildman–Crippen MR) is 136 cm³/mol. The highest BCUT2D eigenvalue weighted by Gasteiger charge is 2.41. The second kappa shape index (κ2) is 11.9. The Labute approximate surface area is 203 Å². The van der Waals surface area contributed by atoms with Crippen LogP contribution in [0.3, 0.4) is 0 Å². The number of ether oxygens (including phenoxy) is 1. The summed E-state index contributed by atoms with van der Waals surface area (Å²) in [5.74, 6) is 0.935. The average Bonchev–Trinajstić information content (AvgIpc) is 3.12. The number of hydrogen-bond acceptors (Lipinski definition) is 3. The van der Waals surface area contributed by atoms with Gasteiger partial charge in [0.05, 0.1) is 12.0 Å². The summed E-state index contributed by atoms with van der Waals surface area (Å²) in [6.07, 6.45) is 11.5. The summed E-state index contributed by atoms with van der Waals surface area (Å²) >= 11 is 6.10. The molecule has 2 aromatic rings. The van der Waals surface area contributed by atoms with Gasteiger partial charge in [-0.15, -0.1) is 0 Å². The van der Waals surface area contributed by atoms with Crippen LogP contribution in [0.5, 0.6) is 5.75 Å². The Kier molecular flexibility index (Phi) is 8.69. The highest BCUT2D eigenvalue weighted by molar-refractivity contribution is 6.30. The molecule has 0 spiro atoms. The molecule has 0 atom stereocenters. The van der Waals surface area contributed by atoms with Crippen molar-refractivity contribution in [2.45, 2.75) is 69.6 Å². The van der Waals surface area contributed by atoms with Crippen molar-refractivity contribution in [3.8, 4) is 5.75 Å². The molecule has 2 aromatic carbocycles. The summed E-state index contributed by atoms with van der Waals surface area (Å²) in [5.41, 5.74) is 1.40. The third-order valence-corrected chi connectivity index (χ3v) is 7.49. The first-order valence-corrected chi connectivity index (χ1v) is 13.1. The van der Waals surface area contributed by atoms with E-state index in [4.69, 9.17) is 16.3 Å². The zero-order valence-corrected chi connectivity index (χ0v) is 20.4. The van der Waals surface area contributed by atoms with Crippen molar-refractivity contribution in [2.75, 3.05) is 31.6 Å². The molecule has 1 aliphatic carbocycles. The Hall–Kier alpha value is -2.04. The summed E-state index contributed by atoms with van der Waals surface area (Å²) < 4.78 is 5.95. The minimum Gasteiger partial charge on any atom is -0.494 e. The molecule has 4 rings (SSSR count). The van der Waals surface area contributed by atoms with Gasteiger partial charge in [0.15, 0.2) is 0 Å². The van der Waals surface area contributed by atoms with Crippen LogP contribution in [-0.2, 0) is 10.2 Å². The summed E-state index contributed by atoms with van der Waals surface area (Å²) in [6.45, 7) is 4.29. The molecule has 178 valence electrons. The maximum absolute atomic E-state index is 13.5. The lowest BCUT2D eigenvalue weighted by Crippen LogP contribution is -2.42. The van der Waals surface area contributed by atoms with Crippen molar-refractivity contribution in [1.29, 1.82) is 0 Å². The summed E-state index contributed by atoms with van der Waals surface area (Å²) in [7, 11) is 0. The highest BCUT2D eigenvalue weighted by Crippen LogP contribution is 2.41. The maximum atomic E-state index is 13.5. The Balaban J connectivity index is 1.30. The van der Waals surface area contributed by atoms with Crippen LogP contribution in [0.2, 0.25) is 5.02 Å². The molecule has 1 saturated heterocycles. The Morgan fingerprint density at radius 2 is 1.52 bits per heavy atom. The van der Waals surface area contributed by atoms with Gasteiger partial charge in [0.2, 0.25) is 5.91 Å². The number of likely N-dealkylation sites (tertiary alicyclic amines) is 1. The van der Waals surface area contributed by atoms with Crippen molar-refractivity contribution in [2.24, 2.45) is 0 Å². The lowest BCUT2D eigenvalue weighted by molar-refractivity contribution is -0.122. The largest absolute Gasteiger partial charge is 0.494 e. The van der Waals surface area contributed by atoms with E-state index in [1.165, 1.54) is 45.2 Å². The maximum Gasteiger partial charge on any atom is 0.235 e. The van der Waals surface area contributed by atoms with E-state index < -0.39 is 5.41 Å². The monoisotopic (exact) mass is 468 g/mol. The number of benzene rings is 2. The third-order valence-electron chi connectivity index (χ3n) is 7.24. The fourth-order valence-electron chi connectivity index (χ4n) is 5.29. The SMILES string of the molecule is O=C(Nc1ccc(OCCCN2CCCCCC2)cc1)C1(c2ccc(Cl)cc2)CCCCC1. The molecule has 0 bridgehead atoms. The first-order valence-electron chi connectivity index (χ1n) is 12.7. The van der Waals surface area contributed by atoms with Gasteiger partial charge in [0.25, 0.3) is 0 Å². The van der Waals surface area contributed by atoms with E-state index in [0.717, 1.165) is 62.3 Å². The summed E-state index contributed by atoms with van der Waals surface area (Å²) in [6, 6.07) is 15.6. The number of nitrogens with one attached hydrogen (secondary N) is 1. The first kappa shape index (κ1) is 24.1. The normalized spacial score (nSPS) is 18.9. The lowest BCUT2D eigenvalue weighted by Gasteiger charge is -2.36. The van der Waals surface area contributed by atoms with Crippen molar-refractivity contribution in [1.82, 2.24) is 4.90 Å². The molecular weight excluding hydrogens is 432 g/mol. The van der Waals surface area contributed by atoms with Gasteiger partial charge in [-0.1, -0.05) is 55.8 Å². The van der Waals surface area contributed by atoms with Crippen molar-refractivity contribution in [3.05, 3.63) is 59.1 Å². The van der Waals surface area contributed by atoms with E-state index in [1.807, 2.05) is 48.5 Å². The van der Waals surface area contributed by atoms with E-state index in [1.54, 1.807) is 0 Å². The molecule has 0 aromatic heterocycles. The van der Waals surface area contributed by atoms with E-state index in [-0.39, 0.29) is 5.91 Å². The van der Waals surface area contributed by atoms with Crippen molar-refractivity contribution < 1.29 is 9.53 Å². The van der Waals surface area contributed by atoms with Crippen LogP contribution in [0.4, 0.5) is 5.69 Å². The lowest BCUT2D eigenvalue weighted by atomic mass is 9.68. The molecule has 1 N–H and O–H groups in total. The van der Waals surface area contributed by atoms with Crippen LogP contribution >= 0.6 is 11.6 Å². The van der Waals surface area contributed by atoms with Crippen LogP contribution in [0.1, 0.15) is 69.8 Å². The van der Waals surface area contributed by atoms with E-state index in [9.17, 15) is 4.79 Å². The molecule has 1 amide bonds. The quantitative estimate of drug-likeness (QED) is 0.432. The fourth-order valence-corrected chi connectivity index (χ4v) is 5.42. The van der Waals surface area contributed by atoms with Gasteiger partial charge in [-0.2, -0.15) is 0 Å². The Morgan fingerprint density at radius 1 is 0.879 bits per heavy atom. The molecule has 5 heteroatoms. The van der Waals surface area contributed by atoms with Gasteiger partial charge in [-0.3, -0.25) is 4.79 Å². The van der Waals surface area contributed by atoms with E-state index in [2.05, 4.69) is 10.2 Å². The molecule has 2 aliphatic rings. The topological polar surface area (TPSA) is 41.6 Å². The number of halogens is 1. The molecule has 2 fully saturated rings. The second-order valence-corrected chi connectivity index (χ2v) is 10.0. The number of carbonyl (C=O) groups is 1. The standard InChI is InChI=1S/C28H37ClN2O2/c29-24-11-9-23(10-12-24)28(17-4-3-5-18-28)27(32)30-25-13-15-26(16-14-25)33-22-8-21-31-19-6-1-2-7-20-31/h9-16H,1-8,17-22H2,(H,30,32). The Bertz CT molecular complexity index is 868. The number of amides is 1. The van der Waals surface area contributed by atoms with E-state index >= 15 is 0 Å². The summed E-state index contributed by atoms with van der Waals surface area (Å²) in [5, 5.41) is 3.88. The van der Waals surface area contributed by atoms with E-state index in [0.29, 0.717) is 5.02 Å². The number of hydrogen-bond donors (Lipinski definition) is 1. The van der Waals surface area contributed by atoms with Crippen LogP contribution in [0.25, 0.3) is 0 Å². The van der Waals surface area contributed by atoms with Crippen molar-refractivity contribution >= 4 is 23.2 Å². The molecule has 1 heterocycles. The van der Waals surface area contributed by atoms with Gasteiger partial charge in [-0.25, -0.2) is 0 Å². The van der Waals surface area contributed by atoms with Crippen LogP contribution in [-0.4, -0.2) is 37.0 Å². The molecular formula is C28H37ClN2O2. The summed E-state index contributed by atoms with van der Waals surface area (Å²) in [4.78, 5) is 16.0. The minimum absolute atomic E-state index is 0.0793. The van der Waals surface area contributed by atoms with Gasteiger partial charge in [0.1, 0.15) is 5.75 Å².